The molecule has 0 N–H and O–H groups in total. The third kappa shape index (κ3) is 3.56. The van der Waals surface area contributed by atoms with Gasteiger partial charge in [-0.3, -0.25) is 0 Å². The molecule has 0 aliphatic carbocycles. The van der Waals surface area contributed by atoms with E-state index < -0.39 is 0 Å². The molecule has 0 unspecified atom stereocenters. The molecule has 1 saturated heterocycles. The highest BCUT2D eigenvalue weighted by molar-refractivity contribution is 7.99. The molecule has 1 heterocycles. The number of benzene rings is 1. The molecule has 1 aliphatic rings. The summed E-state index contributed by atoms with van der Waals surface area (Å²) in [5.41, 5.74) is 0. The van der Waals surface area contributed by atoms with E-state index in [0.717, 1.165) is 5.92 Å². The maximum absolute atomic E-state index is 2.39. The van der Waals surface area contributed by atoms with Crippen LogP contribution in [0.15, 0.2) is 35.2 Å². The fourth-order valence-electron chi connectivity index (χ4n) is 2.43. The number of rotatable bonds is 4. The lowest BCUT2D eigenvalue weighted by atomic mass is 10.2. The van der Waals surface area contributed by atoms with Crippen LogP contribution in [0.5, 0.6) is 0 Å². The molecule has 2 rings (SSSR count). The van der Waals surface area contributed by atoms with Gasteiger partial charge in [-0.1, -0.05) is 47.4 Å². The van der Waals surface area contributed by atoms with Crippen molar-refractivity contribution in [3.05, 3.63) is 30.3 Å². The molecule has 1 aromatic carbocycles. The standard InChI is InChI=1S/C11H14S.C2H5.Al/c1-3-10(2)9-12-11-7-5-4-6-8-11;1-2;/h4-8,10H,1-3,9H2;1H2,2H3;/t10-;;/m1../s1. The van der Waals surface area contributed by atoms with Crippen LogP contribution < -0.4 is 0 Å². The number of thioether (sulfide) groups is 1. The number of hydrogen-bond acceptors (Lipinski definition) is 1. The van der Waals surface area contributed by atoms with Crippen molar-refractivity contribution in [2.75, 3.05) is 5.75 Å². The zero-order chi connectivity index (χ0) is 10.5. The van der Waals surface area contributed by atoms with Crippen molar-refractivity contribution in [1.82, 2.24) is 0 Å². The lowest BCUT2D eigenvalue weighted by Crippen LogP contribution is -2.05. The largest absolute Gasteiger partial charge is 0.261 e. The van der Waals surface area contributed by atoms with Crippen LogP contribution in [-0.4, -0.2) is 19.9 Å². The summed E-state index contributed by atoms with van der Waals surface area (Å²) in [6.45, 7) is 2.39. The Morgan fingerprint density at radius 1 is 1.33 bits per heavy atom. The van der Waals surface area contributed by atoms with Crippen molar-refractivity contribution in [2.24, 2.45) is 5.92 Å². The molecule has 15 heavy (non-hydrogen) atoms. The first-order valence-corrected chi connectivity index (χ1v) is 9.50. The van der Waals surface area contributed by atoms with E-state index in [1.807, 2.05) is 0 Å². The highest BCUT2D eigenvalue weighted by Gasteiger charge is 2.27. The summed E-state index contributed by atoms with van der Waals surface area (Å²) in [6, 6.07) is 10.8. The normalized spacial score (nSPS) is 20.9. The molecule has 2 heteroatoms. The average molecular weight is 234 g/mol. The Morgan fingerprint density at radius 2 is 2.13 bits per heavy atom. The lowest BCUT2D eigenvalue weighted by Gasteiger charge is -2.08. The fourth-order valence-corrected chi connectivity index (χ4v) is 7.02. The summed E-state index contributed by atoms with van der Waals surface area (Å²) in [7, 11) is 0. The molecule has 0 spiro atoms. The first-order chi connectivity index (χ1) is 7.38. The molecule has 0 aromatic heterocycles. The van der Waals surface area contributed by atoms with Gasteiger partial charge in [-0.05, 0) is 23.8 Å². The van der Waals surface area contributed by atoms with Crippen LogP contribution in [0.1, 0.15) is 13.3 Å². The smallest absolute Gasteiger partial charge is 0.126 e. The van der Waals surface area contributed by atoms with Gasteiger partial charge in [-0.25, -0.2) is 0 Å². The van der Waals surface area contributed by atoms with E-state index in [9.17, 15) is 0 Å². The minimum absolute atomic E-state index is 0.257. The van der Waals surface area contributed by atoms with E-state index in [1.165, 1.54) is 22.4 Å². The molecule has 0 nitrogen and oxygen atoms in total. The first kappa shape index (κ1) is 11.6. The maximum atomic E-state index is 2.39. The predicted octanol–water partition coefficient (Wildman–Crippen LogP) is 4.31. The van der Waals surface area contributed by atoms with Crippen molar-refractivity contribution < 1.29 is 0 Å². The summed E-state index contributed by atoms with van der Waals surface area (Å²) >= 11 is 1.80. The molecular formula is C13H19AlS. The van der Waals surface area contributed by atoms with Crippen LogP contribution in [0.2, 0.25) is 15.8 Å². The van der Waals surface area contributed by atoms with Gasteiger partial charge >= 0.3 is 0 Å². The Kier molecular flexibility index (Phi) is 4.63. The van der Waals surface area contributed by atoms with Crippen LogP contribution in [0.4, 0.5) is 0 Å². The second kappa shape index (κ2) is 5.99. The van der Waals surface area contributed by atoms with Crippen molar-refractivity contribution in [1.29, 1.82) is 0 Å². The van der Waals surface area contributed by atoms with Crippen molar-refractivity contribution >= 4 is 25.9 Å². The molecule has 1 aromatic rings. The molecule has 0 saturated carbocycles. The van der Waals surface area contributed by atoms with Crippen LogP contribution in [0.25, 0.3) is 0 Å². The molecule has 0 amide bonds. The molecule has 1 atom stereocenters. The Bertz CT molecular complexity index is 286. The summed E-state index contributed by atoms with van der Waals surface area (Å²) in [6.07, 6.45) is 1.52. The summed E-state index contributed by atoms with van der Waals surface area (Å²) in [5, 5.41) is 4.74. The molecular weight excluding hydrogens is 215 g/mol. The second-order valence-electron chi connectivity index (χ2n) is 4.58. The van der Waals surface area contributed by atoms with E-state index in [1.54, 1.807) is 10.6 Å². The van der Waals surface area contributed by atoms with Gasteiger partial charge in [0.25, 0.3) is 14.1 Å². The van der Waals surface area contributed by atoms with E-state index in [2.05, 4.69) is 49.0 Å². The minimum Gasteiger partial charge on any atom is -0.126 e. The second-order valence-corrected chi connectivity index (χ2v) is 9.27. The van der Waals surface area contributed by atoms with Gasteiger partial charge in [0.05, 0.1) is 0 Å². The average Bonchev–Trinajstić information content (AvgIpc) is 2.76. The zero-order valence-electron chi connectivity index (χ0n) is 9.49. The third-order valence-corrected chi connectivity index (χ3v) is 8.34. The lowest BCUT2D eigenvalue weighted by molar-refractivity contribution is 0.669. The van der Waals surface area contributed by atoms with Crippen LogP contribution in [0.3, 0.4) is 0 Å². The van der Waals surface area contributed by atoms with Gasteiger partial charge in [0.2, 0.25) is 0 Å². The van der Waals surface area contributed by atoms with Gasteiger partial charge in [0, 0.05) is 4.90 Å². The highest BCUT2D eigenvalue weighted by Crippen LogP contribution is 2.33. The molecule has 80 valence electrons. The predicted molar refractivity (Wildman–Crippen MR) is 71.1 cm³/mol. The van der Waals surface area contributed by atoms with Gasteiger partial charge in [-0.15, -0.1) is 11.8 Å². The van der Waals surface area contributed by atoms with E-state index in [0.29, 0.717) is 0 Å². The summed E-state index contributed by atoms with van der Waals surface area (Å²) < 4.78 is 0. The van der Waals surface area contributed by atoms with E-state index >= 15 is 0 Å². The topological polar surface area (TPSA) is 0 Å². The third-order valence-electron chi connectivity index (χ3n) is 3.46. The SMILES string of the molecule is C[CH2][Al]1[CH2]C[C@H](CSc2ccccc2)[CH2]1. The Hall–Kier alpha value is 0.102. The van der Waals surface area contributed by atoms with Gasteiger partial charge < -0.3 is 0 Å². The molecule has 1 aliphatic heterocycles. The van der Waals surface area contributed by atoms with Gasteiger partial charge in [-0.2, -0.15) is 0 Å². The highest BCUT2D eigenvalue weighted by atomic mass is 32.2. The summed E-state index contributed by atoms with van der Waals surface area (Å²) in [4.78, 5) is 1.44. The molecule has 1 fully saturated rings. The molecule has 0 bridgehead atoms. The Morgan fingerprint density at radius 3 is 2.80 bits per heavy atom. The Balaban J connectivity index is 1.75. The molecule has 0 radical (unpaired) electrons. The summed E-state index contributed by atoms with van der Waals surface area (Å²) in [5.74, 6) is 2.39. The van der Waals surface area contributed by atoms with Crippen LogP contribution in [0, 0.1) is 5.92 Å². The monoisotopic (exact) mass is 234 g/mol. The first-order valence-electron chi connectivity index (χ1n) is 6.06. The maximum Gasteiger partial charge on any atom is 0.261 e. The van der Waals surface area contributed by atoms with Crippen LogP contribution in [-0.2, 0) is 0 Å². The minimum atomic E-state index is -0.257. The van der Waals surface area contributed by atoms with E-state index in [4.69, 9.17) is 0 Å². The van der Waals surface area contributed by atoms with Crippen molar-refractivity contribution in [3.63, 3.8) is 0 Å². The fraction of sp³-hybridized carbons (Fsp3) is 0.538. The van der Waals surface area contributed by atoms with Crippen LogP contribution >= 0.6 is 11.8 Å². The zero-order valence-corrected chi connectivity index (χ0v) is 11.5. The van der Waals surface area contributed by atoms with Crippen molar-refractivity contribution in [3.8, 4) is 0 Å². The van der Waals surface area contributed by atoms with E-state index in [-0.39, 0.29) is 14.1 Å². The quantitative estimate of drug-likeness (QED) is 0.552. The van der Waals surface area contributed by atoms with Gasteiger partial charge in [0.15, 0.2) is 0 Å². The Labute approximate surface area is 102 Å². The number of hydrogen-bond donors (Lipinski definition) is 0. The van der Waals surface area contributed by atoms with Gasteiger partial charge in [0.1, 0.15) is 0 Å². The van der Waals surface area contributed by atoms with Crippen molar-refractivity contribution in [2.45, 2.75) is 34.1 Å².